The van der Waals surface area contributed by atoms with Crippen molar-refractivity contribution in [3.63, 3.8) is 0 Å². The molecular formula is C18H25FN4O2. The van der Waals surface area contributed by atoms with Crippen LogP contribution in [0.25, 0.3) is 0 Å². The first-order chi connectivity index (χ1) is 12.2. The molecule has 2 aliphatic heterocycles. The van der Waals surface area contributed by atoms with E-state index in [1.165, 1.54) is 6.07 Å². The zero-order valence-electron chi connectivity index (χ0n) is 14.4. The summed E-state index contributed by atoms with van der Waals surface area (Å²) in [5.74, 6) is -0.347. The van der Waals surface area contributed by atoms with Gasteiger partial charge < -0.3 is 14.7 Å². The van der Waals surface area contributed by atoms with Gasteiger partial charge in [0.15, 0.2) is 0 Å². The molecule has 0 radical (unpaired) electrons. The number of piperazine rings is 1. The monoisotopic (exact) mass is 348 g/mol. The van der Waals surface area contributed by atoms with E-state index in [1.54, 1.807) is 12.1 Å². The summed E-state index contributed by atoms with van der Waals surface area (Å²) in [6.07, 6.45) is -0.378. The number of halogens is 1. The Labute approximate surface area is 148 Å². The molecule has 1 N–H and O–H groups in total. The van der Waals surface area contributed by atoms with Crippen molar-refractivity contribution in [3.05, 3.63) is 29.6 Å². The molecule has 136 valence electrons. The quantitative estimate of drug-likeness (QED) is 0.837. The molecule has 1 atom stereocenters. The maximum absolute atomic E-state index is 14.1. The van der Waals surface area contributed by atoms with Crippen molar-refractivity contribution in [1.29, 1.82) is 5.26 Å². The Morgan fingerprint density at radius 1 is 1.08 bits per heavy atom. The summed E-state index contributed by atoms with van der Waals surface area (Å²) in [5, 5.41) is 19.1. The lowest BCUT2D eigenvalue weighted by Crippen LogP contribution is -2.51. The minimum Gasteiger partial charge on any atom is -0.390 e. The van der Waals surface area contributed by atoms with E-state index in [4.69, 9.17) is 10.00 Å². The second-order valence-corrected chi connectivity index (χ2v) is 6.63. The lowest BCUT2D eigenvalue weighted by molar-refractivity contribution is 0.00655. The minimum absolute atomic E-state index is 0.339. The van der Waals surface area contributed by atoms with Gasteiger partial charge in [0.1, 0.15) is 5.82 Å². The number of benzene rings is 1. The zero-order chi connectivity index (χ0) is 17.6. The number of β-amino-alcohol motifs (C(OH)–C–C–N with tert-alkyl or cyclic N) is 1. The topological polar surface area (TPSA) is 63.0 Å². The van der Waals surface area contributed by atoms with Gasteiger partial charge >= 0.3 is 0 Å². The average molecular weight is 348 g/mol. The molecule has 0 aliphatic carbocycles. The second kappa shape index (κ2) is 8.59. The predicted octanol–water partition coefficient (Wildman–Crippen LogP) is 0.512. The summed E-state index contributed by atoms with van der Waals surface area (Å²) in [4.78, 5) is 6.46. The van der Waals surface area contributed by atoms with Crippen molar-refractivity contribution < 1.29 is 14.2 Å². The Bertz CT molecular complexity index is 608. The smallest absolute Gasteiger partial charge is 0.147 e. The van der Waals surface area contributed by atoms with E-state index in [2.05, 4.69) is 9.80 Å². The second-order valence-electron chi connectivity index (χ2n) is 6.63. The van der Waals surface area contributed by atoms with E-state index >= 15 is 0 Å². The fourth-order valence-corrected chi connectivity index (χ4v) is 3.44. The molecule has 1 aromatic rings. The number of aliphatic hydroxyl groups excluding tert-OH is 1. The van der Waals surface area contributed by atoms with E-state index < -0.39 is 0 Å². The molecule has 0 amide bonds. The first-order valence-electron chi connectivity index (χ1n) is 8.81. The third-order valence-corrected chi connectivity index (χ3v) is 4.83. The molecule has 1 unspecified atom stereocenters. The van der Waals surface area contributed by atoms with Gasteiger partial charge in [-0.2, -0.15) is 5.26 Å². The number of rotatable bonds is 5. The normalized spacial score (nSPS) is 21.1. The average Bonchev–Trinajstić information content (AvgIpc) is 2.63. The molecule has 0 spiro atoms. The van der Waals surface area contributed by atoms with Crippen LogP contribution in [0.15, 0.2) is 18.2 Å². The van der Waals surface area contributed by atoms with Gasteiger partial charge in [0.25, 0.3) is 0 Å². The van der Waals surface area contributed by atoms with Gasteiger partial charge in [0.2, 0.25) is 0 Å². The summed E-state index contributed by atoms with van der Waals surface area (Å²) in [7, 11) is 0. The third-order valence-electron chi connectivity index (χ3n) is 4.83. The van der Waals surface area contributed by atoms with Gasteiger partial charge in [-0.05, 0) is 18.2 Å². The van der Waals surface area contributed by atoms with Crippen LogP contribution in [0.5, 0.6) is 0 Å². The molecule has 1 aromatic carbocycles. The van der Waals surface area contributed by atoms with Gasteiger partial charge in [-0.3, -0.25) is 9.80 Å². The zero-order valence-corrected chi connectivity index (χ0v) is 14.4. The molecule has 7 heteroatoms. The highest BCUT2D eigenvalue weighted by Gasteiger charge is 2.22. The number of hydrogen-bond acceptors (Lipinski definition) is 6. The number of nitrogens with zero attached hydrogens (tertiary/aromatic N) is 4. The molecule has 0 saturated carbocycles. The molecule has 2 fully saturated rings. The standard InChI is InChI=1S/C18H25FN4O2/c19-17-11-15(12-20)1-2-18(17)23-5-3-21(4-6-23)13-16(24)14-22-7-9-25-10-8-22/h1-2,11,16,24H,3-10,13-14H2. The van der Waals surface area contributed by atoms with E-state index in [0.29, 0.717) is 37.4 Å². The van der Waals surface area contributed by atoms with E-state index in [1.807, 2.05) is 11.0 Å². The molecule has 2 saturated heterocycles. The maximum Gasteiger partial charge on any atom is 0.147 e. The van der Waals surface area contributed by atoms with Gasteiger partial charge in [-0.25, -0.2) is 4.39 Å². The largest absolute Gasteiger partial charge is 0.390 e. The van der Waals surface area contributed by atoms with Crippen LogP contribution < -0.4 is 4.90 Å². The van der Waals surface area contributed by atoms with Gasteiger partial charge in [-0.15, -0.1) is 0 Å². The van der Waals surface area contributed by atoms with Gasteiger partial charge in [0.05, 0.1) is 36.6 Å². The summed E-state index contributed by atoms with van der Waals surface area (Å²) in [6, 6.07) is 6.57. The highest BCUT2D eigenvalue weighted by atomic mass is 19.1. The molecule has 0 bridgehead atoms. The maximum atomic E-state index is 14.1. The van der Waals surface area contributed by atoms with Crippen LogP contribution >= 0.6 is 0 Å². The van der Waals surface area contributed by atoms with Crippen LogP contribution in [0, 0.1) is 17.1 Å². The van der Waals surface area contributed by atoms with E-state index in [0.717, 1.165) is 39.4 Å². The Hall–Kier alpha value is -1.72. The number of morpholine rings is 1. The van der Waals surface area contributed by atoms with Crippen LogP contribution in [0.4, 0.5) is 10.1 Å². The molecule has 2 heterocycles. The summed E-state index contributed by atoms with van der Waals surface area (Å²) in [5.41, 5.74) is 0.888. The molecule has 6 nitrogen and oxygen atoms in total. The first-order valence-corrected chi connectivity index (χ1v) is 8.81. The first kappa shape index (κ1) is 18.1. The number of anilines is 1. The fraction of sp³-hybridized carbons (Fsp3) is 0.611. The number of hydrogen-bond donors (Lipinski definition) is 1. The number of nitriles is 1. The van der Waals surface area contributed by atoms with Crippen molar-refractivity contribution in [2.45, 2.75) is 6.10 Å². The number of aliphatic hydroxyl groups is 1. The Kier molecular flexibility index (Phi) is 6.21. The fourth-order valence-electron chi connectivity index (χ4n) is 3.44. The predicted molar refractivity (Wildman–Crippen MR) is 93.0 cm³/mol. The summed E-state index contributed by atoms with van der Waals surface area (Å²) in [6.45, 7) is 7.56. The molecule has 25 heavy (non-hydrogen) atoms. The van der Waals surface area contributed by atoms with Crippen LogP contribution in [0.2, 0.25) is 0 Å². The van der Waals surface area contributed by atoms with Crippen molar-refractivity contribution in [3.8, 4) is 6.07 Å². The Morgan fingerprint density at radius 2 is 1.72 bits per heavy atom. The van der Waals surface area contributed by atoms with Crippen LogP contribution in [0.3, 0.4) is 0 Å². The lowest BCUT2D eigenvalue weighted by Gasteiger charge is -2.37. The van der Waals surface area contributed by atoms with Gasteiger partial charge in [0, 0.05) is 52.4 Å². The van der Waals surface area contributed by atoms with Crippen molar-refractivity contribution in [2.24, 2.45) is 0 Å². The van der Waals surface area contributed by atoms with E-state index in [-0.39, 0.29) is 11.9 Å². The third kappa shape index (κ3) is 4.89. The lowest BCUT2D eigenvalue weighted by atomic mass is 10.1. The van der Waals surface area contributed by atoms with E-state index in [9.17, 15) is 9.50 Å². The summed E-state index contributed by atoms with van der Waals surface area (Å²) < 4.78 is 19.4. The van der Waals surface area contributed by atoms with Crippen molar-refractivity contribution in [1.82, 2.24) is 9.80 Å². The highest BCUT2D eigenvalue weighted by Crippen LogP contribution is 2.21. The molecular weight excluding hydrogens is 323 g/mol. The SMILES string of the molecule is N#Cc1ccc(N2CCN(CC(O)CN3CCOCC3)CC2)c(F)c1. The van der Waals surface area contributed by atoms with Crippen molar-refractivity contribution >= 4 is 5.69 Å². The van der Waals surface area contributed by atoms with Crippen LogP contribution in [0.1, 0.15) is 5.56 Å². The van der Waals surface area contributed by atoms with Crippen LogP contribution in [-0.4, -0.2) is 86.6 Å². The van der Waals surface area contributed by atoms with Gasteiger partial charge in [-0.1, -0.05) is 0 Å². The Morgan fingerprint density at radius 3 is 2.32 bits per heavy atom. The summed E-state index contributed by atoms with van der Waals surface area (Å²) >= 11 is 0. The minimum atomic E-state index is -0.378. The number of ether oxygens (including phenoxy) is 1. The van der Waals surface area contributed by atoms with Crippen molar-refractivity contribution in [2.75, 3.05) is 70.5 Å². The molecule has 2 aliphatic rings. The highest BCUT2D eigenvalue weighted by molar-refractivity contribution is 5.51. The van der Waals surface area contributed by atoms with Crippen LogP contribution in [-0.2, 0) is 4.74 Å². The Balaban J connectivity index is 1.46. The molecule has 3 rings (SSSR count). The molecule has 0 aromatic heterocycles.